The van der Waals surface area contributed by atoms with E-state index in [1.165, 1.54) is 4.68 Å². The van der Waals surface area contributed by atoms with Gasteiger partial charge in [-0.05, 0) is 6.92 Å². The lowest BCUT2D eigenvalue weighted by Gasteiger charge is -1.82. The molecule has 0 bridgehead atoms. The third-order valence-corrected chi connectivity index (χ3v) is 0.850. The molecule has 0 aliphatic carbocycles. The Bertz CT molecular complexity index is 212. The second-order valence-electron chi connectivity index (χ2n) is 1.32. The van der Waals surface area contributed by atoms with Crippen molar-refractivity contribution in [2.24, 2.45) is 0 Å². The van der Waals surface area contributed by atoms with Crippen LogP contribution in [-0.4, -0.2) is 9.78 Å². The van der Waals surface area contributed by atoms with Gasteiger partial charge in [0.2, 0.25) is 6.39 Å². The number of rotatable bonds is 1. The molecule has 0 radical (unpaired) electrons. The number of hydrogen-bond acceptors (Lipinski definition) is 3. The van der Waals surface area contributed by atoms with Gasteiger partial charge < -0.3 is 4.42 Å². The Labute approximate surface area is 45.7 Å². The van der Waals surface area contributed by atoms with E-state index in [1.54, 1.807) is 0 Å². The van der Waals surface area contributed by atoms with Gasteiger partial charge in [-0.25, -0.2) is 4.79 Å². The predicted octanol–water partition coefficient (Wildman–Crippen LogP) is -0.144. The molecule has 0 fully saturated rings. The van der Waals surface area contributed by atoms with E-state index in [1.807, 2.05) is 6.92 Å². The highest BCUT2D eigenvalue weighted by atomic mass is 16.4. The van der Waals surface area contributed by atoms with E-state index in [-0.39, 0.29) is 0 Å². The van der Waals surface area contributed by atoms with Crippen LogP contribution in [0.25, 0.3) is 0 Å². The smallest absolute Gasteiger partial charge is 0.395 e. The summed E-state index contributed by atoms with van der Waals surface area (Å²) in [4.78, 5) is 10.4. The molecule has 0 aliphatic rings. The predicted molar refractivity (Wildman–Crippen MR) is 26.4 cm³/mol. The van der Waals surface area contributed by atoms with Crippen LogP contribution >= 0.6 is 0 Å². The summed E-state index contributed by atoms with van der Waals surface area (Å²) in [6.07, 6.45) is 1.13. The van der Waals surface area contributed by atoms with E-state index in [4.69, 9.17) is 0 Å². The molecule has 0 saturated heterocycles. The van der Waals surface area contributed by atoms with Crippen LogP contribution in [0.5, 0.6) is 0 Å². The third-order valence-electron chi connectivity index (χ3n) is 0.850. The van der Waals surface area contributed by atoms with Crippen molar-refractivity contribution in [3.63, 3.8) is 0 Å². The van der Waals surface area contributed by atoms with Gasteiger partial charge in [-0.3, -0.25) is 0 Å². The van der Waals surface area contributed by atoms with Gasteiger partial charge in [-0.15, -0.1) is 5.10 Å². The minimum absolute atomic E-state index is 0.396. The molecule has 0 aliphatic heterocycles. The zero-order chi connectivity index (χ0) is 5.98. The van der Waals surface area contributed by atoms with Crippen molar-refractivity contribution >= 4 is 0 Å². The van der Waals surface area contributed by atoms with Crippen molar-refractivity contribution in [3.05, 3.63) is 16.9 Å². The Morgan fingerprint density at radius 3 is 3.00 bits per heavy atom. The van der Waals surface area contributed by atoms with Crippen molar-refractivity contribution in [1.29, 1.82) is 0 Å². The summed E-state index contributed by atoms with van der Waals surface area (Å²) in [7, 11) is 0. The van der Waals surface area contributed by atoms with Crippen LogP contribution in [-0.2, 0) is 6.54 Å². The van der Waals surface area contributed by atoms with Crippen LogP contribution in [0.3, 0.4) is 0 Å². The van der Waals surface area contributed by atoms with E-state index >= 15 is 0 Å². The molecule has 1 rings (SSSR count). The number of aryl methyl sites for hydroxylation is 1. The van der Waals surface area contributed by atoms with E-state index < -0.39 is 5.76 Å². The van der Waals surface area contributed by atoms with Crippen LogP contribution in [0.4, 0.5) is 0 Å². The number of nitrogens with zero attached hydrogens (tertiary/aromatic N) is 2. The van der Waals surface area contributed by atoms with Crippen molar-refractivity contribution < 1.29 is 4.42 Å². The summed E-state index contributed by atoms with van der Waals surface area (Å²) >= 11 is 0. The average Bonchev–Trinajstić information content (AvgIpc) is 2.14. The fourth-order valence-electron chi connectivity index (χ4n) is 0.444. The summed E-state index contributed by atoms with van der Waals surface area (Å²) in [6, 6.07) is 0. The molecule has 4 nitrogen and oxygen atoms in total. The molecule has 0 atom stereocenters. The molecule has 0 N–H and O–H groups in total. The highest BCUT2D eigenvalue weighted by molar-refractivity contribution is 4.48. The van der Waals surface area contributed by atoms with Crippen molar-refractivity contribution in [3.8, 4) is 0 Å². The number of aromatic nitrogens is 2. The minimum atomic E-state index is -0.396. The molecule has 0 unspecified atom stereocenters. The monoisotopic (exact) mass is 114 g/mol. The molecule has 1 aromatic rings. The first-order valence-electron chi connectivity index (χ1n) is 2.35. The normalized spacial score (nSPS) is 9.62. The van der Waals surface area contributed by atoms with E-state index in [0.717, 1.165) is 6.39 Å². The molecule has 1 heterocycles. The lowest BCUT2D eigenvalue weighted by Crippen LogP contribution is -2.13. The maximum absolute atomic E-state index is 10.4. The fourth-order valence-corrected chi connectivity index (χ4v) is 0.444. The standard InChI is InChI=1S/C4H6N2O2/c1-2-6-4(7)8-3-5-6/h3H,2H2,1H3. The summed E-state index contributed by atoms with van der Waals surface area (Å²) < 4.78 is 5.59. The van der Waals surface area contributed by atoms with E-state index in [9.17, 15) is 4.79 Å². The van der Waals surface area contributed by atoms with Crippen molar-refractivity contribution in [2.45, 2.75) is 13.5 Å². The summed E-state index contributed by atoms with van der Waals surface area (Å²) in [5.41, 5.74) is 0. The van der Waals surface area contributed by atoms with Crippen molar-refractivity contribution in [2.75, 3.05) is 0 Å². The average molecular weight is 114 g/mol. The SMILES string of the molecule is CCn1ncoc1=O. The lowest BCUT2D eigenvalue weighted by atomic mass is 10.8. The first-order valence-corrected chi connectivity index (χ1v) is 2.35. The quantitative estimate of drug-likeness (QED) is 0.510. The molecule has 8 heavy (non-hydrogen) atoms. The Kier molecular flexibility index (Phi) is 1.15. The van der Waals surface area contributed by atoms with Gasteiger partial charge in [0, 0.05) is 6.54 Å². The van der Waals surface area contributed by atoms with Crippen LogP contribution in [0.15, 0.2) is 15.6 Å². The van der Waals surface area contributed by atoms with Gasteiger partial charge >= 0.3 is 5.76 Å². The largest absolute Gasteiger partial charge is 0.436 e. The second-order valence-corrected chi connectivity index (χ2v) is 1.32. The van der Waals surface area contributed by atoms with Crippen LogP contribution in [0.1, 0.15) is 6.92 Å². The second kappa shape index (κ2) is 1.81. The lowest BCUT2D eigenvalue weighted by molar-refractivity contribution is 0.482. The fraction of sp³-hybridized carbons (Fsp3) is 0.500. The van der Waals surface area contributed by atoms with Gasteiger partial charge in [0.15, 0.2) is 0 Å². The third kappa shape index (κ3) is 0.641. The van der Waals surface area contributed by atoms with Gasteiger partial charge in [0.05, 0.1) is 0 Å². The first-order chi connectivity index (χ1) is 3.84. The van der Waals surface area contributed by atoms with Gasteiger partial charge in [-0.1, -0.05) is 0 Å². The zero-order valence-electron chi connectivity index (χ0n) is 4.50. The van der Waals surface area contributed by atoms with Crippen LogP contribution < -0.4 is 5.76 Å². The highest BCUT2D eigenvalue weighted by Crippen LogP contribution is 1.70. The summed E-state index contributed by atoms with van der Waals surface area (Å²) in [5.74, 6) is -0.396. The molecule has 4 heteroatoms. The maximum atomic E-state index is 10.4. The Morgan fingerprint density at radius 2 is 2.75 bits per heavy atom. The first kappa shape index (κ1) is 5.08. The molecule has 0 saturated carbocycles. The molecule has 44 valence electrons. The number of hydrogen-bond donors (Lipinski definition) is 0. The van der Waals surface area contributed by atoms with Crippen molar-refractivity contribution in [1.82, 2.24) is 9.78 Å². The molecular weight excluding hydrogens is 108 g/mol. The zero-order valence-corrected chi connectivity index (χ0v) is 4.50. The highest BCUT2D eigenvalue weighted by Gasteiger charge is 1.91. The van der Waals surface area contributed by atoms with Gasteiger partial charge in [0.25, 0.3) is 0 Å². The molecule has 0 spiro atoms. The molecule has 0 amide bonds. The Hall–Kier alpha value is -1.06. The molecular formula is C4H6N2O2. The Morgan fingerprint density at radius 1 is 2.00 bits per heavy atom. The molecule has 0 aromatic carbocycles. The van der Waals surface area contributed by atoms with Crippen LogP contribution in [0, 0.1) is 0 Å². The topological polar surface area (TPSA) is 48.0 Å². The Balaban J connectivity index is 3.11. The summed E-state index contributed by atoms with van der Waals surface area (Å²) in [6.45, 7) is 2.39. The molecule has 1 aromatic heterocycles. The van der Waals surface area contributed by atoms with E-state index in [2.05, 4.69) is 9.52 Å². The van der Waals surface area contributed by atoms with Gasteiger partial charge in [-0.2, -0.15) is 4.68 Å². The van der Waals surface area contributed by atoms with Crippen LogP contribution in [0.2, 0.25) is 0 Å². The minimum Gasteiger partial charge on any atom is -0.395 e. The van der Waals surface area contributed by atoms with Gasteiger partial charge in [0.1, 0.15) is 0 Å². The maximum Gasteiger partial charge on any atom is 0.436 e. The summed E-state index contributed by atoms with van der Waals surface area (Å²) in [5, 5.41) is 3.57. The van der Waals surface area contributed by atoms with E-state index in [0.29, 0.717) is 6.54 Å².